The second-order valence-corrected chi connectivity index (χ2v) is 5.24. The molecule has 2 aliphatic heterocycles. The number of ether oxygens (including phenoxy) is 2. The fraction of sp³-hybridized carbons (Fsp3) is 0.600. The van der Waals surface area contributed by atoms with Gasteiger partial charge in [-0.25, -0.2) is 0 Å². The first-order valence-corrected chi connectivity index (χ1v) is 6.96. The molecule has 1 aromatic rings. The highest BCUT2D eigenvalue weighted by atomic mass is 16.6. The minimum atomic E-state index is 0.592. The third-order valence-corrected chi connectivity index (χ3v) is 3.91. The molecule has 1 N–H and O–H groups in total. The largest absolute Gasteiger partial charge is 0.486 e. The van der Waals surface area contributed by atoms with Gasteiger partial charge in [0.05, 0.1) is 0 Å². The Kier molecular flexibility index (Phi) is 3.41. The summed E-state index contributed by atoms with van der Waals surface area (Å²) < 4.78 is 11.5. The quantitative estimate of drug-likeness (QED) is 0.870. The lowest BCUT2D eigenvalue weighted by atomic mass is 9.94. The van der Waals surface area contributed by atoms with Crippen LogP contribution >= 0.6 is 0 Å². The number of hydrogen-bond acceptors (Lipinski definition) is 3. The molecule has 3 nitrogen and oxygen atoms in total. The first-order chi connectivity index (χ1) is 8.84. The summed E-state index contributed by atoms with van der Waals surface area (Å²) in [6.07, 6.45) is 4.97. The van der Waals surface area contributed by atoms with Crippen LogP contribution in [0.25, 0.3) is 0 Å². The Morgan fingerprint density at radius 3 is 2.94 bits per heavy atom. The van der Waals surface area contributed by atoms with Crippen LogP contribution in [0.3, 0.4) is 0 Å². The molecule has 0 radical (unpaired) electrons. The minimum absolute atomic E-state index is 0.592. The van der Waals surface area contributed by atoms with Crippen LogP contribution in [0.5, 0.6) is 11.5 Å². The van der Waals surface area contributed by atoms with E-state index in [0.717, 1.165) is 24.5 Å². The number of piperidine rings is 1. The van der Waals surface area contributed by atoms with Crippen molar-refractivity contribution in [2.75, 3.05) is 19.8 Å². The molecular weight excluding hydrogens is 226 g/mol. The molecule has 98 valence electrons. The van der Waals surface area contributed by atoms with Gasteiger partial charge in [-0.15, -0.1) is 0 Å². The van der Waals surface area contributed by atoms with Gasteiger partial charge < -0.3 is 14.8 Å². The molecular formula is C15H21NO2. The average molecular weight is 247 g/mol. The van der Waals surface area contributed by atoms with Crippen LogP contribution in [-0.4, -0.2) is 25.8 Å². The summed E-state index contributed by atoms with van der Waals surface area (Å²) in [6.45, 7) is 4.64. The Balaban J connectivity index is 1.85. The molecule has 18 heavy (non-hydrogen) atoms. The smallest absolute Gasteiger partial charge is 0.164 e. The molecule has 0 aromatic heterocycles. The van der Waals surface area contributed by atoms with E-state index in [1.165, 1.54) is 30.4 Å². The normalized spacial score (nSPS) is 22.8. The number of rotatable bonds is 2. The summed E-state index contributed by atoms with van der Waals surface area (Å²) >= 11 is 0. The van der Waals surface area contributed by atoms with Crippen LogP contribution < -0.4 is 14.8 Å². The highest BCUT2D eigenvalue weighted by Gasteiger charge is 2.21. The standard InChI is InChI=1S/C15H21NO2/c1-11-5-6-14-15(18-9-8-17-14)13(11)10-12-4-2-3-7-16-12/h5-6,12,16H,2-4,7-10H2,1H3. The maximum Gasteiger partial charge on any atom is 0.164 e. The highest BCUT2D eigenvalue weighted by Crippen LogP contribution is 2.36. The molecule has 1 aromatic carbocycles. The lowest BCUT2D eigenvalue weighted by Gasteiger charge is -2.27. The van der Waals surface area contributed by atoms with Crippen LogP contribution in [0, 0.1) is 6.92 Å². The van der Waals surface area contributed by atoms with E-state index in [9.17, 15) is 0 Å². The zero-order chi connectivity index (χ0) is 12.4. The fourth-order valence-corrected chi connectivity index (χ4v) is 2.87. The van der Waals surface area contributed by atoms with E-state index in [1.54, 1.807) is 0 Å². The lowest BCUT2D eigenvalue weighted by Crippen LogP contribution is -2.36. The van der Waals surface area contributed by atoms with Crippen molar-refractivity contribution in [3.8, 4) is 11.5 Å². The molecule has 1 unspecified atom stereocenters. The Labute approximate surface area is 108 Å². The van der Waals surface area contributed by atoms with Gasteiger partial charge in [-0.1, -0.05) is 12.5 Å². The van der Waals surface area contributed by atoms with Gasteiger partial charge in [-0.2, -0.15) is 0 Å². The van der Waals surface area contributed by atoms with Crippen molar-refractivity contribution in [3.63, 3.8) is 0 Å². The van der Waals surface area contributed by atoms with E-state index in [-0.39, 0.29) is 0 Å². The van der Waals surface area contributed by atoms with Crippen molar-refractivity contribution >= 4 is 0 Å². The molecule has 1 fully saturated rings. The Morgan fingerprint density at radius 2 is 2.11 bits per heavy atom. The maximum atomic E-state index is 5.82. The molecule has 3 rings (SSSR count). The predicted molar refractivity (Wildman–Crippen MR) is 71.5 cm³/mol. The van der Waals surface area contributed by atoms with Crippen molar-refractivity contribution in [3.05, 3.63) is 23.3 Å². The zero-order valence-corrected chi connectivity index (χ0v) is 11.0. The molecule has 0 spiro atoms. The van der Waals surface area contributed by atoms with Crippen LogP contribution in [0.4, 0.5) is 0 Å². The molecule has 2 aliphatic rings. The fourth-order valence-electron chi connectivity index (χ4n) is 2.87. The summed E-state index contributed by atoms with van der Waals surface area (Å²) in [5.74, 6) is 1.89. The number of aryl methyl sites for hydroxylation is 1. The Hall–Kier alpha value is -1.22. The van der Waals surface area contributed by atoms with Gasteiger partial charge in [-0.05, 0) is 44.4 Å². The second kappa shape index (κ2) is 5.19. The minimum Gasteiger partial charge on any atom is -0.486 e. The SMILES string of the molecule is Cc1ccc2c(c1CC1CCCCN1)OCCO2. The Morgan fingerprint density at radius 1 is 1.22 bits per heavy atom. The number of fused-ring (bicyclic) bond motifs is 1. The molecule has 3 heteroatoms. The van der Waals surface area contributed by atoms with Crippen LogP contribution in [-0.2, 0) is 6.42 Å². The van der Waals surface area contributed by atoms with Gasteiger partial charge in [0.15, 0.2) is 11.5 Å². The van der Waals surface area contributed by atoms with Gasteiger partial charge in [-0.3, -0.25) is 0 Å². The van der Waals surface area contributed by atoms with E-state index >= 15 is 0 Å². The van der Waals surface area contributed by atoms with Crippen molar-refractivity contribution < 1.29 is 9.47 Å². The third kappa shape index (κ3) is 2.32. The second-order valence-electron chi connectivity index (χ2n) is 5.24. The zero-order valence-electron chi connectivity index (χ0n) is 11.0. The van der Waals surface area contributed by atoms with Gasteiger partial charge in [0.1, 0.15) is 13.2 Å². The van der Waals surface area contributed by atoms with Gasteiger partial charge >= 0.3 is 0 Å². The van der Waals surface area contributed by atoms with Crippen molar-refractivity contribution in [1.29, 1.82) is 0 Å². The Bertz CT molecular complexity index is 425. The van der Waals surface area contributed by atoms with E-state index in [4.69, 9.17) is 9.47 Å². The molecule has 0 bridgehead atoms. The number of nitrogens with one attached hydrogen (secondary N) is 1. The molecule has 0 aliphatic carbocycles. The van der Waals surface area contributed by atoms with E-state index in [1.807, 2.05) is 6.07 Å². The lowest BCUT2D eigenvalue weighted by molar-refractivity contribution is 0.169. The van der Waals surface area contributed by atoms with E-state index in [0.29, 0.717) is 19.3 Å². The van der Waals surface area contributed by atoms with E-state index in [2.05, 4.69) is 18.3 Å². The van der Waals surface area contributed by atoms with Gasteiger partial charge in [0.2, 0.25) is 0 Å². The number of hydrogen-bond donors (Lipinski definition) is 1. The molecule has 0 saturated carbocycles. The maximum absolute atomic E-state index is 5.82. The molecule has 1 atom stereocenters. The first-order valence-electron chi connectivity index (χ1n) is 6.96. The summed E-state index contributed by atoms with van der Waals surface area (Å²) in [4.78, 5) is 0. The van der Waals surface area contributed by atoms with Crippen molar-refractivity contribution in [1.82, 2.24) is 5.32 Å². The highest BCUT2D eigenvalue weighted by molar-refractivity contribution is 5.51. The van der Waals surface area contributed by atoms with Crippen molar-refractivity contribution in [2.45, 2.75) is 38.6 Å². The average Bonchev–Trinajstić information content (AvgIpc) is 2.43. The van der Waals surface area contributed by atoms with Gasteiger partial charge in [0, 0.05) is 11.6 Å². The van der Waals surface area contributed by atoms with Crippen LogP contribution in [0.15, 0.2) is 12.1 Å². The summed E-state index contributed by atoms with van der Waals surface area (Å²) in [5, 5.41) is 3.61. The van der Waals surface area contributed by atoms with Crippen molar-refractivity contribution in [2.24, 2.45) is 0 Å². The predicted octanol–water partition coefficient (Wildman–Crippen LogP) is 2.45. The number of benzene rings is 1. The van der Waals surface area contributed by atoms with Crippen LogP contribution in [0.1, 0.15) is 30.4 Å². The summed E-state index contributed by atoms with van der Waals surface area (Å²) in [5.41, 5.74) is 2.64. The first kappa shape index (κ1) is 11.8. The molecule has 0 amide bonds. The summed E-state index contributed by atoms with van der Waals surface area (Å²) in [6, 6.07) is 4.77. The van der Waals surface area contributed by atoms with E-state index < -0.39 is 0 Å². The van der Waals surface area contributed by atoms with Crippen LogP contribution in [0.2, 0.25) is 0 Å². The third-order valence-electron chi connectivity index (χ3n) is 3.91. The molecule has 2 heterocycles. The topological polar surface area (TPSA) is 30.5 Å². The monoisotopic (exact) mass is 247 g/mol. The van der Waals surface area contributed by atoms with Gasteiger partial charge in [0.25, 0.3) is 0 Å². The molecule has 1 saturated heterocycles. The summed E-state index contributed by atoms with van der Waals surface area (Å²) in [7, 11) is 0.